The van der Waals surface area contributed by atoms with E-state index in [0.29, 0.717) is 31.5 Å². The fourth-order valence-corrected chi connectivity index (χ4v) is 3.53. The molecule has 7 heteroatoms. The highest BCUT2D eigenvalue weighted by Gasteiger charge is 2.09. The molecule has 0 unspecified atom stereocenters. The Labute approximate surface area is 199 Å². The molecule has 3 aromatic carbocycles. The van der Waals surface area contributed by atoms with Crippen molar-refractivity contribution in [1.29, 1.82) is 5.26 Å². The molecule has 0 aromatic heterocycles. The molecule has 3 rings (SSSR count). The first kappa shape index (κ1) is 22.9. The van der Waals surface area contributed by atoms with E-state index >= 15 is 0 Å². The summed E-state index contributed by atoms with van der Waals surface area (Å²) in [4.78, 5) is 12.2. The van der Waals surface area contributed by atoms with Crippen LogP contribution in [0, 0.1) is 18.3 Å². The SMILES string of the molecule is Cc1ccc(NC(=O)COc2ccc(/C=C(\C#N)c3ccc(Cl)cc3)cc2Br)cc1Cl. The van der Waals surface area contributed by atoms with Crippen molar-refractivity contribution in [3.63, 3.8) is 0 Å². The van der Waals surface area contributed by atoms with Crippen LogP contribution in [0.25, 0.3) is 11.6 Å². The standard InChI is InChI=1S/C24H17BrCl2N2O2/c1-15-2-8-20(12-22(15)27)29-24(30)14-31-23-9-3-16(11-21(23)25)10-18(13-28)17-4-6-19(26)7-5-17/h2-12H,14H2,1H3,(H,29,30)/b18-10+. The minimum Gasteiger partial charge on any atom is -0.483 e. The van der Waals surface area contributed by atoms with Crippen LogP contribution in [0.5, 0.6) is 5.75 Å². The lowest BCUT2D eigenvalue weighted by atomic mass is 10.0. The average molecular weight is 516 g/mol. The third-order valence-corrected chi connectivity index (χ3v) is 5.64. The number of anilines is 1. The van der Waals surface area contributed by atoms with E-state index in [2.05, 4.69) is 27.3 Å². The third kappa shape index (κ3) is 6.35. The van der Waals surface area contributed by atoms with E-state index in [-0.39, 0.29) is 12.5 Å². The molecule has 0 fully saturated rings. The zero-order chi connectivity index (χ0) is 22.4. The molecule has 0 aliphatic carbocycles. The van der Waals surface area contributed by atoms with Crippen molar-refractivity contribution >= 4 is 62.4 Å². The maximum Gasteiger partial charge on any atom is 0.262 e. The second-order valence-electron chi connectivity index (χ2n) is 6.67. The summed E-state index contributed by atoms with van der Waals surface area (Å²) in [7, 11) is 0. The number of aryl methyl sites for hydroxylation is 1. The Bertz CT molecular complexity index is 1190. The van der Waals surface area contributed by atoms with Gasteiger partial charge in [-0.2, -0.15) is 5.26 Å². The van der Waals surface area contributed by atoms with E-state index < -0.39 is 0 Å². The van der Waals surface area contributed by atoms with Gasteiger partial charge in [0.25, 0.3) is 5.91 Å². The van der Waals surface area contributed by atoms with Crippen molar-refractivity contribution in [2.45, 2.75) is 6.92 Å². The van der Waals surface area contributed by atoms with E-state index in [1.54, 1.807) is 48.5 Å². The van der Waals surface area contributed by atoms with E-state index in [9.17, 15) is 10.1 Å². The molecule has 0 heterocycles. The summed E-state index contributed by atoms with van der Waals surface area (Å²) in [5, 5.41) is 13.4. The molecule has 0 aliphatic rings. The minimum atomic E-state index is -0.301. The molecule has 1 N–H and O–H groups in total. The molecule has 0 atom stereocenters. The monoisotopic (exact) mass is 514 g/mol. The Hall–Kier alpha value is -2.78. The molecular weight excluding hydrogens is 499 g/mol. The molecule has 0 radical (unpaired) electrons. The lowest BCUT2D eigenvalue weighted by molar-refractivity contribution is -0.118. The first-order valence-electron chi connectivity index (χ1n) is 9.22. The van der Waals surface area contributed by atoms with Gasteiger partial charge in [0.1, 0.15) is 5.75 Å². The maximum absolute atomic E-state index is 12.2. The Morgan fingerprint density at radius 3 is 2.52 bits per heavy atom. The fraction of sp³-hybridized carbons (Fsp3) is 0.0833. The second kappa shape index (κ2) is 10.5. The van der Waals surface area contributed by atoms with Crippen LogP contribution in [-0.2, 0) is 4.79 Å². The predicted octanol–water partition coefficient (Wildman–Crippen LogP) is 7.15. The van der Waals surface area contributed by atoms with E-state index in [1.807, 2.05) is 25.1 Å². The zero-order valence-electron chi connectivity index (χ0n) is 16.5. The van der Waals surface area contributed by atoms with Gasteiger partial charge in [0.15, 0.2) is 6.61 Å². The topological polar surface area (TPSA) is 62.1 Å². The van der Waals surface area contributed by atoms with E-state index in [0.717, 1.165) is 16.7 Å². The summed E-state index contributed by atoms with van der Waals surface area (Å²) in [5.74, 6) is 0.213. The van der Waals surface area contributed by atoms with Crippen LogP contribution in [-0.4, -0.2) is 12.5 Å². The Morgan fingerprint density at radius 1 is 1.13 bits per heavy atom. The van der Waals surface area contributed by atoms with Gasteiger partial charge in [0, 0.05) is 15.7 Å². The first-order chi connectivity index (χ1) is 14.9. The van der Waals surface area contributed by atoms with Crippen LogP contribution < -0.4 is 10.1 Å². The molecule has 4 nitrogen and oxygen atoms in total. The number of nitrogens with one attached hydrogen (secondary N) is 1. The van der Waals surface area contributed by atoms with Crippen LogP contribution in [0.1, 0.15) is 16.7 Å². The summed E-state index contributed by atoms with van der Waals surface area (Å²) >= 11 is 15.4. The number of ether oxygens (including phenoxy) is 1. The molecule has 3 aromatic rings. The average Bonchev–Trinajstić information content (AvgIpc) is 2.75. The fourth-order valence-electron chi connectivity index (χ4n) is 2.71. The van der Waals surface area contributed by atoms with Crippen molar-refractivity contribution in [3.05, 3.63) is 91.9 Å². The van der Waals surface area contributed by atoms with Gasteiger partial charge >= 0.3 is 0 Å². The number of carbonyl (C=O) groups excluding carboxylic acids is 1. The number of hydrogen-bond donors (Lipinski definition) is 1. The van der Waals surface area contributed by atoms with Gasteiger partial charge in [-0.1, -0.05) is 47.5 Å². The Kier molecular flexibility index (Phi) is 7.75. The van der Waals surface area contributed by atoms with Crippen molar-refractivity contribution in [1.82, 2.24) is 0 Å². The van der Waals surface area contributed by atoms with Gasteiger partial charge in [-0.05, 0) is 82.0 Å². The number of benzene rings is 3. The number of amides is 1. The van der Waals surface area contributed by atoms with E-state index in [1.165, 1.54) is 0 Å². The molecule has 156 valence electrons. The predicted molar refractivity (Wildman–Crippen MR) is 129 cm³/mol. The van der Waals surface area contributed by atoms with Gasteiger partial charge in [0.05, 0.1) is 16.1 Å². The largest absolute Gasteiger partial charge is 0.483 e. The van der Waals surface area contributed by atoms with Gasteiger partial charge < -0.3 is 10.1 Å². The molecule has 0 saturated heterocycles. The summed E-state index contributed by atoms with van der Waals surface area (Å²) in [5.41, 5.74) is 3.63. The summed E-state index contributed by atoms with van der Waals surface area (Å²) < 4.78 is 6.28. The van der Waals surface area contributed by atoms with Crippen LogP contribution >= 0.6 is 39.1 Å². The second-order valence-corrected chi connectivity index (χ2v) is 8.37. The molecule has 31 heavy (non-hydrogen) atoms. The van der Waals surface area contributed by atoms with E-state index in [4.69, 9.17) is 27.9 Å². The Balaban J connectivity index is 1.66. The number of allylic oxidation sites excluding steroid dienone is 1. The Morgan fingerprint density at radius 2 is 1.87 bits per heavy atom. The maximum atomic E-state index is 12.2. The smallest absolute Gasteiger partial charge is 0.262 e. The van der Waals surface area contributed by atoms with Crippen molar-refractivity contribution in [2.24, 2.45) is 0 Å². The van der Waals surface area contributed by atoms with Crippen molar-refractivity contribution in [3.8, 4) is 11.8 Å². The summed E-state index contributed by atoms with van der Waals surface area (Å²) in [6.07, 6.45) is 1.77. The molecule has 0 spiro atoms. The van der Waals surface area contributed by atoms with Crippen LogP contribution in [0.4, 0.5) is 5.69 Å². The van der Waals surface area contributed by atoms with Gasteiger partial charge in [-0.25, -0.2) is 0 Å². The van der Waals surface area contributed by atoms with Crippen molar-refractivity contribution in [2.75, 3.05) is 11.9 Å². The lowest BCUT2D eigenvalue weighted by Gasteiger charge is -2.10. The highest BCUT2D eigenvalue weighted by Crippen LogP contribution is 2.28. The third-order valence-electron chi connectivity index (χ3n) is 4.36. The summed E-state index contributed by atoms with van der Waals surface area (Å²) in [6, 6.07) is 20.0. The quantitative estimate of drug-likeness (QED) is 0.280. The zero-order valence-corrected chi connectivity index (χ0v) is 19.6. The number of nitrogens with zero attached hydrogens (tertiary/aromatic N) is 1. The lowest BCUT2D eigenvalue weighted by Crippen LogP contribution is -2.20. The van der Waals surface area contributed by atoms with Gasteiger partial charge in [0.2, 0.25) is 0 Å². The minimum absolute atomic E-state index is 0.159. The van der Waals surface area contributed by atoms with Gasteiger partial charge in [-0.15, -0.1) is 0 Å². The number of halogens is 3. The normalized spacial score (nSPS) is 11.0. The molecule has 0 saturated carbocycles. The van der Waals surface area contributed by atoms with Gasteiger partial charge in [-0.3, -0.25) is 4.79 Å². The molecule has 0 bridgehead atoms. The highest BCUT2D eigenvalue weighted by molar-refractivity contribution is 9.10. The van der Waals surface area contributed by atoms with Crippen molar-refractivity contribution < 1.29 is 9.53 Å². The molecule has 1 amide bonds. The number of rotatable bonds is 6. The number of carbonyl (C=O) groups is 1. The van der Waals surface area contributed by atoms with Crippen LogP contribution in [0.2, 0.25) is 10.0 Å². The molecule has 0 aliphatic heterocycles. The number of nitriles is 1. The first-order valence-corrected chi connectivity index (χ1v) is 10.8. The summed E-state index contributed by atoms with van der Waals surface area (Å²) in [6.45, 7) is 1.73. The molecular formula is C24H17BrCl2N2O2. The van der Waals surface area contributed by atoms with Crippen LogP contribution in [0.15, 0.2) is 65.1 Å². The highest BCUT2D eigenvalue weighted by atomic mass is 79.9. The van der Waals surface area contributed by atoms with Crippen LogP contribution in [0.3, 0.4) is 0 Å². The number of hydrogen-bond acceptors (Lipinski definition) is 3.